The van der Waals surface area contributed by atoms with Crippen LogP contribution < -0.4 is 16.3 Å². The molecule has 0 spiro atoms. The summed E-state index contributed by atoms with van der Waals surface area (Å²) in [7, 11) is 0. The Bertz CT molecular complexity index is 1760. The van der Waals surface area contributed by atoms with E-state index in [1.807, 2.05) is 45.6 Å². The van der Waals surface area contributed by atoms with Gasteiger partial charge in [0.25, 0.3) is 0 Å². The first kappa shape index (κ1) is 29.2. The average Bonchev–Trinajstić information content (AvgIpc) is 2.93. The normalized spacial score (nSPS) is 17.2. The molecular formula is C31H33ClFN7O2. The quantitative estimate of drug-likeness (QED) is 0.250. The van der Waals surface area contributed by atoms with E-state index in [-0.39, 0.29) is 51.5 Å². The summed E-state index contributed by atoms with van der Waals surface area (Å²) in [6.45, 7) is 14.2. The molecule has 1 aliphatic heterocycles. The molecule has 218 valence electrons. The highest BCUT2D eigenvalue weighted by Gasteiger charge is 2.34. The molecule has 11 heteroatoms. The number of aryl methyl sites for hydroxylation is 1. The lowest BCUT2D eigenvalue weighted by molar-refractivity contribution is -0.127. The molecule has 1 fully saturated rings. The maximum absolute atomic E-state index is 15.1. The summed E-state index contributed by atoms with van der Waals surface area (Å²) in [5, 5.41) is 0.652. The zero-order valence-corrected chi connectivity index (χ0v) is 25.0. The fourth-order valence-electron chi connectivity index (χ4n) is 5.80. The summed E-state index contributed by atoms with van der Waals surface area (Å²) in [6.07, 6.45) is 3.00. The first-order valence-corrected chi connectivity index (χ1v) is 14.2. The van der Waals surface area contributed by atoms with E-state index in [1.54, 1.807) is 23.2 Å². The SMILES string of the molecule is C=CC(=O)N1C[C@@H](C)N(c2nc(=O)n(-c3c(C)ccnc3C(C)C)c3nc(-c4c(N)cccc4F)c(Cl)cc23)[C@@H](C)C1. The molecule has 9 nitrogen and oxygen atoms in total. The van der Waals surface area contributed by atoms with Crippen LogP contribution in [0.25, 0.3) is 28.0 Å². The minimum absolute atomic E-state index is 0.0222. The number of benzene rings is 1. The fraction of sp³-hybridized carbons (Fsp3) is 0.323. The Balaban J connectivity index is 1.86. The van der Waals surface area contributed by atoms with Gasteiger partial charge < -0.3 is 15.5 Å². The van der Waals surface area contributed by atoms with Gasteiger partial charge in [0, 0.05) is 37.1 Å². The van der Waals surface area contributed by atoms with E-state index in [4.69, 9.17) is 22.3 Å². The molecule has 0 aliphatic carbocycles. The maximum atomic E-state index is 15.1. The monoisotopic (exact) mass is 589 g/mol. The Morgan fingerprint density at radius 3 is 2.50 bits per heavy atom. The number of hydrogen-bond donors (Lipinski definition) is 1. The van der Waals surface area contributed by atoms with Crippen LogP contribution in [0.2, 0.25) is 5.02 Å². The number of amides is 1. The number of nitrogen functional groups attached to an aromatic ring is 1. The Morgan fingerprint density at radius 2 is 1.88 bits per heavy atom. The Morgan fingerprint density at radius 1 is 1.19 bits per heavy atom. The van der Waals surface area contributed by atoms with Gasteiger partial charge in [0.1, 0.15) is 11.6 Å². The summed E-state index contributed by atoms with van der Waals surface area (Å²) in [5.41, 5.74) is 8.24. The minimum atomic E-state index is -0.586. The highest BCUT2D eigenvalue weighted by Crippen LogP contribution is 2.38. The van der Waals surface area contributed by atoms with Gasteiger partial charge in [-0.1, -0.05) is 38.1 Å². The number of nitrogens with zero attached hydrogens (tertiary/aromatic N) is 6. The first-order chi connectivity index (χ1) is 19.9. The molecule has 5 rings (SSSR count). The van der Waals surface area contributed by atoms with Crippen molar-refractivity contribution >= 4 is 40.0 Å². The highest BCUT2D eigenvalue weighted by atomic mass is 35.5. The fourth-order valence-corrected chi connectivity index (χ4v) is 6.05. The van der Waals surface area contributed by atoms with Gasteiger partial charge in [-0.25, -0.2) is 18.7 Å². The number of fused-ring (bicyclic) bond motifs is 1. The average molecular weight is 590 g/mol. The predicted molar refractivity (Wildman–Crippen MR) is 165 cm³/mol. The largest absolute Gasteiger partial charge is 0.398 e. The molecule has 42 heavy (non-hydrogen) atoms. The molecule has 0 radical (unpaired) electrons. The number of anilines is 2. The van der Waals surface area contributed by atoms with Crippen LogP contribution in [0.3, 0.4) is 0 Å². The molecule has 2 atom stereocenters. The van der Waals surface area contributed by atoms with Crippen LogP contribution in [0.1, 0.15) is 44.9 Å². The van der Waals surface area contributed by atoms with Crippen LogP contribution in [0.5, 0.6) is 0 Å². The number of hydrogen-bond acceptors (Lipinski definition) is 7. The molecule has 1 saturated heterocycles. The van der Waals surface area contributed by atoms with E-state index < -0.39 is 11.5 Å². The smallest absolute Gasteiger partial charge is 0.355 e. The van der Waals surface area contributed by atoms with Crippen molar-refractivity contribution < 1.29 is 9.18 Å². The van der Waals surface area contributed by atoms with Gasteiger partial charge in [0.15, 0.2) is 5.65 Å². The van der Waals surface area contributed by atoms with E-state index in [9.17, 15) is 9.59 Å². The summed E-state index contributed by atoms with van der Waals surface area (Å²) in [5.74, 6) is -0.387. The summed E-state index contributed by atoms with van der Waals surface area (Å²) < 4.78 is 16.6. The third kappa shape index (κ3) is 4.89. The number of pyridine rings is 2. The zero-order valence-electron chi connectivity index (χ0n) is 24.2. The Labute approximate surface area is 248 Å². The molecule has 4 aromatic rings. The molecule has 3 aromatic heterocycles. The molecule has 2 N–H and O–H groups in total. The highest BCUT2D eigenvalue weighted by molar-refractivity contribution is 6.34. The lowest BCUT2D eigenvalue weighted by Crippen LogP contribution is -2.58. The van der Waals surface area contributed by atoms with E-state index in [0.717, 1.165) is 5.56 Å². The van der Waals surface area contributed by atoms with Gasteiger partial charge >= 0.3 is 5.69 Å². The van der Waals surface area contributed by atoms with Crippen molar-refractivity contribution in [3.05, 3.63) is 81.8 Å². The number of carbonyl (C=O) groups is 1. The van der Waals surface area contributed by atoms with Crippen molar-refractivity contribution in [2.24, 2.45) is 0 Å². The Hall–Kier alpha value is -4.31. The van der Waals surface area contributed by atoms with E-state index in [2.05, 4.69) is 16.5 Å². The summed E-state index contributed by atoms with van der Waals surface area (Å²) >= 11 is 6.81. The number of nitrogens with two attached hydrogens (primary N) is 1. The number of halogens is 2. The van der Waals surface area contributed by atoms with Crippen LogP contribution >= 0.6 is 11.6 Å². The topological polar surface area (TPSA) is 110 Å². The van der Waals surface area contributed by atoms with Crippen molar-refractivity contribution in [3.63, 3.8) is 0 Å². The minimum Gasteiger partial charge on any atom is -0.398 e. The van der Waals surface area contributed by atoms with Crippen LogP contribution in [0.4, 0.5) is 15.9 Å². The third-order valence-corrected chi connectivity index (χ3v) is 7.95. The number of carbonyl (C=O) groups excluding carboxylic acids is 1. The molecule has 0 bridgehead atoms. The standard InChI is InChI=1S/C31H33ClFN7O2/c1-7-24(41)38-14-18(5)39(19(6)15-38)30-20-13-21(32)27(25-22(33)9-8-10-23(25)34)36-29(20)40(31(42)37-30)28-17(4)11-12-35-26(28)16(2)3/h7-13,16,18-19H,1,14-15,34H2,2-6H3/t18-,19+. The zero-order chi connectivity index (χ0) is 30.5. The van der Waals surface area contributed by atoms with E-state index in [0.29, 0.717) is 35.7 Å². The van der Waals surface area contributed by atoms with Gasteiger partial charge in [-0.3, -0.25) is 9.78 Å². The van der Waals surface area contributed by atoms with Crippen LogP contribution in [-0.4, -0.2) is 55.5 Å². The van der Waals surface area contributed by atoms with Crippen LogP contribution in [0, 0.1) is 12.7 Å². The maximum Gasteiger partial charge on any atom is 0.355 e. The van der Waals surface area contributed by atoms with Crippen molar-refractivity contribution in [3.8, 4) is 16.9 Å². The molecule has 1 aliphatic rings. The molecule has 0 saturated carbocycles. The number of rotatable bonds is 5. The number of aromatic nitrogens is 4. The van der Waals surface area contributed by atoms with Crippen LogP contribution in [-0.2, 0) is 4.79 Å². The summed E-state index contributed by atoms with van der Waals surface area (Å²) in [6, 6.07) is 7.44. The third-order valence-electron chi connectivity index (χ3n) is 7.66. The summed E-state index contributed by atoms with van der Waals surface area (Å²) in [4.78, 5) is 44.2. The van der Waals surface area contributed by atoms with Crippen molar-refractivity contribution in [1.29, 1.82) is 0 Å². The predicted octanol–water partition coefficient (Wildman–Crippen LogP) is 5.26. The second-order valence-corrected chi connectivity index (χ2v) is 11.4. The lowest BCUT2D eigenvalue weighted by atomic mass is 10.0. The second kappa shape index (κ2) is 11.2. The van der Waals surface area contributed by atoms with Gasteiger partial charge in [0.2, 0.25) is 5.91 Å². The van der Waals surface area contributed by atoms with Gasteiger partial charge in [0.05, 0.1) is 33.0 Å². The molecular weight excluding hydrogens is 557 g/mol. The Kier molecular flexibility index (Phi) is 7.76. The van der Waals surface area contributed by atoms with Crippen LogP contribution in [0.15, 0.2) is 54.0 Å². The first-order valence-electron chi connectivity index (χ1n) is 13.8. The molecule has 1 amide bonds. The molecule has 4 heterocycles. The van der Waals surface area contributed by atoms with Gasteiger partial charge in [-0.05, 0) is 62.6 Å². The van der Waals surface area contributed by atoms with Gasteiger partial charge in [-0.15, -0.1) is 0 Å². The van der Waals surface area contributed by atoms with Crippen molar-refractivity contribution in [2.75, 3.05) is 23.7 Å². The number of piperazine rings is 1. The van der Waals surface area contributed by atoms with Gasteiger partial charge in [-0.2, -0.15) is 4.98 Å². The lowest BCUT2D eigenvalue weighted by Gasteiger charge is -2.45. The second-order valence-electron chi connectivity index (χ2n) is 11.0. The van der Waals surface area contributed by atoms with Crippen molar-refractivity contribution in [2.45, 2.75) is 52.6 Å². The van der Waals surface area contributed by atoms with E-state index in [1.165, 1.54) is 22.8 Å². The van der Waals surface area contributed by atoms with E-state index >= 15 is 4.39 Å². The van der Waals surface area contributed by atoms with Crippen molar-refractivity contribution in [1.82, 2.24) is 24.4 Å². The molecule has 1 aromatic carbocycles. The molecule has 0 unspecified atom stereocenters.